The fourth-order valence-electron chi connectivity index (χ4n) is 2.69. The van der Waals surface area contributed by atoms with Crippen molar-refractivity contribution in [2.24, 2.45) is 17.8 Å². The maximum atomic E-state index is 13.1. The molecule has 1 N–H and O–H groups in total. The monoisotopic (exact) mass is 284 g/mol. The van der Waals surface area contributed by atoms with Crippen molar-refractivity contribution in [2.75, 3.05) is 0 Å². The quantitative estimate of drug-likeness (QED) is 0.807. The zero-order valence-electron chi connectivity index (χ0n) is 13.0. The minimum absolute atomic E-state index is 0.276. The Kier molecular flexibility index (Phi) is 5.69. The van der Waals surface area contributed by atoms with E-state index in [0.29, 0.717) is 11.5 Å². The second-order valence-corrected chi connectivity index (χ2v) is 6.40. The number of aliphatic hydroxyl groups is 1. The molecule has 1 aromatic rings. The Morgan fingerprint density at radius 2 is 1.50 bits per heavy atom. The van der Waals surface area contributed by atoms with Gasteiger partial charge in [0.15, 0.2) is 0 Å². The van der Waals surface area contributed by atoms with Gasteiger partial charge >= 0.3 is 0 Å². The van der Waals surface area contributed by atoms with Crippen molar-refractivity contribution in [3.63, 3.8) is 0 Å². The van der Waals surface area contributed by atoms with E-state index in [4.69, 9.17) is 0 Å². The molecule has 2 unspecified atom stereocenters. The first-order valence-corrected chi connectivity index (χ1v) is 7.29. The lowest BCUT2D eigenvalue weighted by atomic mass is 9.74. The molecule has 0 aliphatic heterocycles. The topological polar surface area (TPSA) is 20.2 Å². The Bertz CT molecular complexity index is 412. The van der Waals surface area contributed by atoms with E-state index in [1.807, 2.05) is 12.1 Å². The SMILES string of the molecule is CC(C)Cc1ccc(C(O)(C(C)C)C(C)C(F)F)cc1. The molecule has 20 heavy (non-hydrogen) atoms. The summed E-state index contributed by atoms with van der Waals surface area (Å²) in [5.74, 6) is -0.828. The lowest BCUT2D eigenvalue weighted by Gasteiger charge is -2.38. The maximum absolute atomic E-state index is 13.1. The van der Waals surface area contributed by atoms with Crippen LogP contribution in [0, 0.1) is 17.8 Å². The Balaban J connectivity index is 3.10. The molecule has 0 bridgehead atoms. The number of alkyl halides is 2. The average Bonchev–Trinajstić information content (AvgIpc) is 2.36. The van der Waals surface area contributed by atoms with Crippen molar-refractivity contribution in [3.8, 4) is 0 Å². The van der Waals surface area contributed by atoms with Crippen LogP contribution in [0.5, 0.6) is 0 Å². The Morgan fingerprint density at radius 3 is 1.85 bits per heavy atom. The summed E-state index contributed by atoms with van der Waals surface area (Å²) in [6, 6.07) is 7.44. The van der Waals surface area contributed by atoms with Gasteiger partial charge in [-0.05, 0) is 29.4 Å². The third-order valence-corrected chi connectivity index (χ3v) is 4.01. The van der Waals surface area contributed by atoms with Crippen LogP contribution in [0.25, 0.3) is 0 Å². The maximum Gasteiger partial charge on any atom is 0.244 e. The molecule has 0 aliphatic rings. The third-order valence-electron chi connectivity index (χ3n) is 4.01. The van der Waals surface area contributed by atoms with Crippen LogP contribution in [-0.4, -0.2) is 11.5 Å². The minimum Gasteiger partial charge on any atom is -0.384 e. The first-order valence-electron chi connectivity index (χ1n) is 7.29. The fourth-order valence-corrected chi connectivity index (χ4v) is 2.69. The van der Waals surface area contributed by atoms with E-state index in [9.17, 15) is 13.9 Å². The van der Waals surface area contributed by atoms with E-state index in [1.165, 1.54) is 12.5 Å². The predicted molar refractivity (Wildman–Crippen MR) is 78.9 cm³/mol. The molecule has 1 aromatic carbocycles. The van der Waals surface area contributed by atoms with Gasteiger partial charge in [-0.1, -0.05) is 58.9 Å². The first-order chi connectivity index (χ1) is 9.19. The number of rotatable bonds is 6. The fraction of sp³-hybridized carbons (Fsp3) is 0.647. The molecule has 0 aromatic heterocycles. The van der Waals surface area contributed by atoms with E-state index in [2.05, 4.69) is 13.8 Å². The molecule has 0 saturated carbocycles. The van der Waals surface area contributed by atoms with Crippen LogP contribution < -0.4 is 0 Å². The van der Waals surface area contributed by atoms with Crippen LogP contribution in [0.3, 0.4) is 0 Å². The van der Waals surface area contributed by atoms with Crippen molar-refractivity contribution in [1.29, 1.82) is 0 Å². The summed E-state index contributed by atoms with van der Waals surface area (Å²) in [5, 5.41) is 10.8. The molecule has 1 nitrogen and oxygen atoms in total. The van der Waals surface area contributed by atoms with Crippen molar-refractivity contribution in [3.05, 3.63) is 35.4 Å². The normalized spacial score (nSPS) is 16.8. The molecule has 0 heterocycles. The van der Waals surface area contributed by atoms with E-state index in [-0.39, 0.29) is 5.92 Å². The smallest absolute Gasteiger partial charge is 0.244 e. The standard InChI is InChI=1S/C17H26F2O/c1-11(2)10-14-6-8-15(9-7-14)17(20,12(3)4)13(5)16(18)19/h6-9,11-13,16,20H,10H2,1-5H3. The number of hydrogen-bond donors (Lipinski definition) is 1. The molecule has 0 aliphatic carbocycles. The Morgan fingerprint density at radius 1 is 1.00 bits per heavy atom. The lowest BCUT2D eigenvalue weighted by Crippen LogP contribution is -2.42. The highest BCUT2D eigenvalue weighted by Gasteiger charge is 2.43. The van der Waals surface area contributed by atoms with Gasteiger partial charge in [-0.2, -0.15) is 0 Å². The summed E-state index contributed by atoms with van der Waals surface area (Å²) in [5.41, 5.74) is 0.247. The van der Waals surface area contributed by atoms with E-state index >= 15 is 0 Å². The van der Waals surface area contributed by atoms with E-state index in [1.54, 1.807) is 26.0 Å². The molecule has 2 atom stereocenters. The largest absolute Gasteiger partial charge is 0.384 e. The molecule has 0 fully saturated rings. The van der Waals surface area contributed by atoms with Crippen LogP contribution in [0.2, 0.25) is 0 Å². The highest BCUT2D eigenvalue weighted by molar-refractivity contribution is 5.29. The summed E-state index contributed by atoms with van der Waals surface area (Å²) in [7, 11) is 0. The number of hydrogen-bond acceptors (Lipinski definition) is 1. The second kappa shape index (κ2) is 6.66. The molecule has 0 saturated heterocycles. The summed E-state index contributed by atoms with van der Waals surface area (Å²) >= 11 is 0. The van der Waals surface area contributed by atoms with Gasteiger partial charge in [0, 0.05) is 0 Å². The first kappa shape index (κ1) is 17.1. The van der Waals surface area contributed by atoms with Crippen LogP contribution >= 0.6 is 0 Å². The third kappa shape index (κ3) is 3.57. The Hall–Kier alpha value is -0.960. The molecule has 0 amide bonds. The van der Waals surface area contributed by atoms with Gasteiger partial charge in [0.1, 0.15) is 0 Å². The highest BCUT2D eigenvalue weighted by Crippen LogP contribution is 2.39. The molecular formula is C17H26F2O. The zero-order chi connectivity index (χ0) is 15.5. The lowest BCUT2D eigenvalue weighted by molar-refractivity contribution is -0.112. The summed E-state index contributed by atoms with van der Waals surface area (Å²) < 4.78 is 26.1. The zero-order valence-corrected chi connectivity index (χ0v) is 13.0. The van der Waals surface area contributed by atoms with Crippen LogP contribution in [0.1, 0.15) is 45.7 Å². The molecule has 3 heteroatoms. The van der Waals surface area contributed by atoms with Gasteiger partial charge in [-0.15, -0.1) is 0 Å². The van der Waals surface area contributed by atoms with E-state index in [0.717, 1.165) is 6.42 Å². The molecule has 0 radical (unpaired) electrons. The van der Waals surface area contributed by atoms with Crippen LogP contribution in [-0.2, 0) is 12.0 Å². The molecular weight excluding hydrogens is 258 g/mol. The molecule has 1 rings (SSSR count). The van der Waals surface area contributed by atoms with Gasteiger partial charge in [-0.25, -0.2) is 8.78 Å². The second-order valence-electron chi connectivity index (χ2n) is 6.40. The van der Waals surface area contributed by atoms with Crippen molar-refractivity contribution in [2.45, 2.75) is 53.1 Å². The van der Waals surface area contributed by atoms with Crippen molar-refractivity contribution in [1.82, 2.24) is 0 Å². The van der Waals surface area contributed by atoms with Gasteiger partial charge in [-0.3, -0.25) is 0 Å². The van der Waals surface area contributed by atoms with Gasteiger partial charge in [0.25, 0.3) is 0 Å². The number of benzene rings is 1. The highest BCUT2D eigenvalue weighted by atomic mass is 19.3. The van der Waals surface area contributed by atoms with Gasteiger partial charge in [0.05, 0.1) is 11.5 Å². The van der Waals surface area contributed by atoms with Crippen molar-refractivity contribution < 1.29 is 13.9 Å². The van der Waals surface area contributed by atoms with Gasteiger partial charge < -0.3 is 5.11 Å². The van der Waals surface area contributed by atoms with Gasteiger partial charge in [0.2, 0.25) is 6.43 Å². The minimum atomic E-state index is -2.54. The van der Waals surface area contributed by atoms with Crippen LogP contribution in [0.4, 0.5) is 8.78 Å². The van der Waals surface area contributed by atoms with Crippen molar-refractivity contribution >= 4 is 0 Å². The van der Waals surface area contributed by atoms with Crippen LogP contribution in [0.15, 0.2) is 24.3 Å². The summed E-state index contributed by atoms with van der Waals surface area (Å²) in [6.45, 7) is 9.24. The average molecular weight is 284 g/mol. The molecule has 0 spiro atoms. The summed E-state index contributed by atoms with van der Waals surface area (Å²) in [6.07, 6.45) is -1.59. The Labute approximate surface area is 121 Å². The number of halogens is 2. The molecule has 114 valence electrons. The van der Waals surface area contributed by atoms with E-state index < -0.39 is 17.9 Å². The summed E-state index contributed by atoms with van der Waals surface area (Å²) in [4.78, 5) is 0. The predicted octanol–water partition coefficient (Wildman–Crippen LogP) is 4.63.